The summed E-state index contributed by atoms with van der Waals surface area (Å²) in [6.07, 6.45) is 8.42. The van der Waals surface area contributed by atoms with Crippen LogP contribution in [0, 0.1) is 6.92 Å². The first-order valence-corrected chi connectivity index (χ1v) is 11.1. The molecule has 1 aromatic carbocycles. The van der Waals surface area contributed by atoms with Gasteiger partial charge in [0.1, 0.15) is 6.16 Å². The van der Waals surface area contributed by atoms with Gasteiger partial charge in [-0.15, -0.1) is 0 Å². The van der Waals surface area contributed by atoms with Crippen molar-refractivity contribution in [2.24, 2.45) is 0 Å². The third-order valence-electron chi connectivity index (χ3n) is 4.24. The van der Waals surface area contributed by atoms with Crippen molar-refractivity contribution in [3.63, 3.8) is 0 Å². The van der Waals surface area contributed by atoms with Crippen LogP contribution in [-0.4, -0.2) is 15.9 Å². The second kappa shape index (κ2) is 9.75. The molecule has 0 aliphatic rings. The molecule has 0 unspecified atom stereocenters. The Morgan fingerprint density at radius 1 is 0.958 bits per heavy atom. The van der Waals surface area contributed by atoms with E-state index in [0.717, 1.165) is 30.4 Å². The highest BCUT2D eigenvalue weighted by Crippen LogP contribution is 2.53. The molecular formula is C20H36O3P+. The molecule has 0 heterocycles. The van der Waals surface area contributed by atoms with Gasteiger partial charge in [0.25, 0.3) is 0 Å². The molecule has 24 heavy (non-hydrogen) atoms. The minimum Gasteiger partial charge on any atom is -0.287 e. The third kappa shape index (κ3) is 7.96. The lowest BCUT2D eigenvalue weighted by molar-refractivity contribution is 0.332. The van der Waals surface area contributed by atoms with Crippen molar-refractivity contribution in [1.29, 1.82) is 0 Å². The number of benzene rings is 1. The SMILES string of the molecule is CCCCCCCCC[P+](O)(O)Oc1ccc(C)cc1C(C)(C)C. The molecule has 4 heteroatoms. The fraction of sp³-hybridized carbons (Fsp3) is 0.700. The molecule has 0 aliphatic heterocycles. The zero-order chi connectivity index (χ0) is 18.2. The summed E-state index contributed by atoms with van der Waals surface area (Å²) in [7, 11) is -3.34. The van der Waals surface area contributed by atoms with Gasteiger partial charge in [0.2, 0.25) is 0 Å². The Balaban J connectivity index is 2.55. The van der Waals surface area contributed by atoms with Gasteiger partial charge in [-0.25, -0.2) is 0 Å². The second-order valence-corrected chi connectivity index (χ2v) is 9.81. The standard InChI is InChI=1S/C20H36O3P/c1-6-7-8-9-10-11-12-15-24(21,22)23-19-14-13-17(2)16-18(19)20(3,4)5/h13-14,16,21-22H,6-12,15H2,1-5H3/q+1. The zero-order valence-corrected chi connectivity index (χ0v) is 17.0. The summed E-state index contributed by atoms with van der Waals surface area (Å²) in [5.74, 6) is 0.606. The molecular weight excluding hydrogens is 319 g/mol. The summed E-state index contributed by atoms with van der Waals surface area (Å²) in [5.41, 5.74) is 2.08. The van der Waals surface area contributed by atoms with Crippen LogP contribution in [0.15, 0.2) is 18.2 Å². The third-order valence-corrected chi connectivity index (χ3v) is 5.63. The molecule has 3 nitrogen and oxygen atoms in total. The molecule has 0 amide bonds. The monoisotopic (exact) mass is 355 g/mol. The van der Waals surface area contributed by atoms with E-state index in [1.807, 2.05) is 19.1 Å². The van der Waals surface area contributed by atoms with Crippen LogP contribution < -0.4 is 4.52 Å². The first-order chi connectivity index (χ1) is 11.2. The minimum absolute atomic E-state index is 0.0966. The molecule has 0 aliphatic carbocycles. The zero-order valence-electron chi connectivity index (χ0n) is 16.1. The highest BCUT2D eigenvalue weighted by atomic mass is 31.2. The van der Waals surface area contributed by atoms with Gasteiger partial charge < -0.3 is 0 Å². The minimum atomic E-state index is -3.34. The van der Waals surface area contributed by atoms with Crippen LogP contribution in [-0.2, 0) is 5.41 Å². The van der Waals surface area contributed by atoms with Crippen molar-refractivity contribution >= 4 is 7.94 Å². The summed E-state index contributed by atoms with van der Waals surface area (Å²) in [5, 5.41) is 0. The normalized spacial score (nSPS) is 12.5. The number of rotatable bonds is 10. The molecule has 0 aromatic heterocycles. The maximum atomic E-state index is 10.3. The lowest BCUT2D eigenvalue weighted by Gasteiger charge is -2.23. The van der Waals surface area contributed by atoms with Gasteiger partial charge in [-0.1, -0.05) is 77.5 Å². The lowest BCUT2D eigenvalue weighted by Crippen LogP contribution is -2.15. The Morgan fingerprint density at radius 2 is 1.54 bits per heavy atom. The fourth-order valence-electron chi connectivity index (χ4n) is 2.79. The average molecular weight is 355 g/mol. The molecule has 1 aromatic rings. The van der Waals surface area contributed by atoms with Crippen LogP contribution in [0.2, 0.25) is 0 Å². The van der Waals surface area contributed by atoms with Crippen LogP contribution in [0.25, 0.3) is 0 Å². The summed E-state index contributed by atoms with van der Waals surface area (Å²) in [6.45, 7) is 10.6. The van der Waals surface area contributed by atoms with E-state index in [2.05, 4.69) is 33.8 Å². The molecule has 0 fully saturated rings. The Hall–Kier alpha value is -0.630. The van der Waals surface area contributed by atoms with E-state index in [4.69, 9.17) is 4.52 Å². The summed E-state index contributed by atoms with van der Waals surface area (Å²) in [4.78, 5) is 20.6. The van der Waals surface area contributed by atoms with Crippen LogP contribution in [0.1, 0.15) is 83.8 Å². The Morgan fingerprint density at radius 3 is 2.12 bits per heavy atom. The van der Waals surface area contributed by atoms with E-state index in [0.29, 0.717) is 11.9 Å². The topological polar surface area (TPSA) is 49.7 Å². The second-order valence-electron chi connectivity index (χ2n) is 7.85. The summed E-state index contributed by atoms with van der Waals surface area (Å²) < 4.78 is 5.68. The van der Waals surface area contributed by atoms with E-state index < -0.39 is 7.94 Å². The smallest absolute Gasteiger partial charge is 0.287 e. The molecule has 138 valence electrons. The van der Waals surface area contributed by atoms with Gasteiger partial charge in [0.05, 0.1) is 0 Å². The fourth-order valence-corrected chi connectivity index (χ4v) is 3.99. The van der Waals surface area contributed by atoms with E-state index in [-0.39, 0.29) is 5.41 Å². The highest BCUT2D eigenvalue weighted by molar-refractivity contribution is 7.60. The molecule has 0 atom stereocenters. The Kier molecular flexibility index (Phi) is 8.70. The van der Waals surface area contributed by atoms with Crippen LogP contribution in [0.4, 0.5) is 0 Å². The van der Waals surface area contributed by atoms with Crippen molar-refractivity contribution in [3.05, 3.63) is 29.3 Å². The van der Waals surface area contributed by atoms with Gasteiger partial charge in [-0.2, -0.15) is 9.79 Å². The molecule has 0 saturated carbocycles. The number of hydrogen-bond acceptors (Lipinski definition) is 3. The van der Waals surface area contributed by atoms with Crippen LogP contribution in [0.3, 0.4) is 0 Å². The first kappa shape index (κ1) is 21.4. The predicted molar refractivity (Wildman–Crippen MR) is 105 cm³/mol. The molecule has 0 spiro atoms. The van der Waals surface area contributed by atoms with Gasteiger partial charge >= 0.3 is 7.94 Å². The molecule has 1 rings (SSSR count). The number of hydrogen-bond donors (Lipinski definition) is 2. The van der Waals surface area contributed by atoms with E-state index in [1.54, 1.807) is 0 Å². The average Bonchev–Trinajstić information content (AvgIpc) is 2.47. The van der Waals surface area contributed by atoms with Crippen molar-refractivity contribution < 1.29 is 14.3 Å². The van der Waals surface area contributed by atoms with E-state index in [1.165, 1.54) is 25.7 Å². The van der Waals surface area contributed by atoms with Gasteiger partial charge in [-0.3, -0.25) is 4.52 Å². The molecule has 0 radical (unpaired) electrons. The van der Waals surface area contributed by atoms with Crippen molar-refractivity contribution in [2.45, 2.75) is 85.0 Å². The van der Waals surface area contributed by atoms with Crippen molar-refractivity contribution in [1.82, 2.24) is 0 Å². The van der Waals surface area contributed by atoms with E-state index >= 15 is 0 Å². The van der Waals surface area contributed by atoms with Gasteiger partial charge in [0.15, 0.2) is 5.75 Å². The van der Waals surface area contributed by atoms with Crippen molar-refractivity contribution in [3.8, 4) is 5.75 Å². The molecule has 0 bridgehead atoms. The van der Waals surface area contributed by atoms with Crippen molar-refractivity contribution in [2.75, 3.05) is 6.16 Å². The Bertz CT molecular complexity index is 492. The largest absolute Gasteiger partial charge is 0.451 e. The maximum Gasteiger partial charge on any atom is 0.451 e. The van der Waals surface area contributed by atoms with Gasteiger partial charge in [-0.05, 0) is 31.2 Å². The predicted octanol–water partition coefficient (Wildman–Crippen LogP) is 6.17. The maximum absolute atomic E-state index is 10.3. The summed E-state index contributed by atoms with van der Waals surface area (Å²) >= 11 is 0. The van der Waals surface area contributed by atoms with Crippen LogP contribution >= 0.6 is 7.94 Å². The number of aryl methyl sites for hydroxylation is 1. The van der Waals surface area contributed by atoms with E-state index in [9.17, 15) is 9.79 Å². The Labute approximate surface area is 149 Å². The lowest BCUT2D eigenvalue weighted by atomic mass is 9.85. The van der Waals surface area contributed by atoms with Gasteiger partial charge in [0, 0.05) is 5.56 Å². The van der Waals surface area contributed by atoms with Crippen LogP contribution in [0.5, 0.6) is 5.75 Å². The molecule has 2 N–H and O–H groups in total. The first-order valence-electron chi connectivity index (χ1n) is 9.30. The highest BCUT2D eigenvalue weighted by Gasteiger charge is 2.38. The number of unbranched alkanes of at least 4 members (excludes halogenated alkanes) is 6. The summed E-state index contributed by atoms with van der Waals surface area (Å²) in [6, 6.07) is 5.89. The molecule has 0 saturated heterocycles. The quantitative estimate of drug-likeness (QED) is 0.390.